The third kappa shape index (κ3) is 4.18. The number of hydrogen-bond acceptors (Lipinski definition) is 4. The van der Waals surface area contributed by atoms with Crippen LogP contribution in [-0.4, -0.2) is 79.1 Å². The van der Waals surface area contributed by atoms with Crippen molar-refractivity contribution in [1.82, 2.24) is 14.7 Å². The van der Waals surface area contributed by atoms with Crippen molar-refractivity contribution in [3.63, 3.8) is 0 Å². The van der Waals surface area contributed by atoms with Crippen LogP contribution >= 0.6 is 11.8 Å². The van der Waals surface area contributed by atoms with E-state index in [0.29, 0.717) is 12.5 Å². The van der Waals surface area contributed by atoms with Gasteiger partial charge in [-0.2, -0.15) is 0 Å². The largest absolute Gasteiger partial charge is 0.348 e. The number of carbonyl (C=O) groups is 2. The van der Waals surface area contributed by atoms with Gasteiger partial charge < -0.3 is 9.80 Å². The van der Waals surface area contributed by atoms with Crippen molar-refractivity contribution < 1.29 is 9.59 Å². The Balaban J connectivity index is 1.71. The number of carbonyl (C=O) groups excluding carboxylic acids is 2. The lowest BCUT2D eigenvalue weighted by molar-refractivity contribution is -0.129. The number of hydrogen-bond donors (Lipinski definition) is 0. The maximum absolute atomic E-state index is 13.0. The Labute approximate surface area is 154 Å². The summed E-state index contributed by atoms with van der Waals surface area (Å²) in [6, 6.07) is 8.09. The molecule has 2 bridgehead atoms. The molecule has 4 rings (SSSR count). The number of rotatable bonds is 4. The average molecular weight is 362 g/mol. The van der Waals surface area contributed by atoms with Crippen LogP contribution in [0.2, 0.25) is 0 Å². The second kappa shape index (κ2) is 7.79. The highest BCUT2D eigenvalue weighted by molar-refractivity contribution is 7.98. The smallest absolute Gasteiger partial charge is 0.254 e. The summed E-state index contributed by atoms with van der Waals surface area (Å²) in [7, 11) is 3.59. The SMILES string of the molecule is CSc1ccc(C(=O)N2C[C@@H]3CC[C@H]2CN(CC(=O)N(C)C)C3)cc1. The van der Waals surface area contributed by atoms with E-state index < -0.39 is 0 Å². The molecular weight excluding hydrogens is 334 g/mol. The van der Waals surface area contributed by atoms with Gasteiger partial charge in [0.15, 0.2) is 0 Å². The Morgan fingerprint density at radius 3 is 2.48 bits per heavy atom. The lowest BCUT2D eigenvalue weighted by atomic mass is 9.94. The Kier molecular flexibility index (Phi) is 5.69. The Hall–Kier alpha value is -1.53. The minimum absolute atomic E-state index is 0.128. The van der Waals surface area contributed by atoms with Gasteiger partial charge in [0.1, 0.15) is 0 Å². The van der Waals surface area contributed by atoms with E-state index in [1.165, 1.54) is 4.90 Å². The molecule has 5 nitrogen and oxygen atoms in total. The number of thioether (sulfide) groups is 1. The van der Waals surface area contributed by atoms with Gasteiger partial charge in [-0.25, -0.2) is 0 Å². The van der Waals surface area contributed by atoms with Crippen LogP contribution in [0.4, 0.5) is 0 Å². The molecule has 136 valence electrons. The first kappa shape index (κ1) is 18.3. The molecule has 1 aromatic rings. The van der Waals surface area contributed by atoms with Crippen molar-refractivity contribution in [2.24, 2.45) is 5.92 Å². The quantitative estimate of drug-likeness (QED) is 0.770. The van der Waals surface area contributed by atoms with Gasteiger partial charge >= 0.3 is 0 Å². The fraction of sp³-hybridized carbons (Fsp3) is 0.579. The molecule has 0 saturated carbocycles. The van der Waals surface area contributed by atoms with Crippen molar-refractivity contribution in [3.05, 3.63) is 29.8 Å². The molecule has 2 amide bonds. The minimum Gasteiger partial charge on any atom is -0.348 e. The Morgan fingerprint density at radius 1 is 1.12 bits per heavy atom. The number of benzene rings is 1. The van der Waals surface area contributed by atoms with Crippen molar-refractivity contribution in [2.45, 2.75) is 23.8 Å². The minimum atomic E-state index is 0.128. The van der Waals surface area contributed by atoms with E-state index in [1.807, 2.05) is 35.4 Å². The molecule has 2 atom stereocenters. The molecule has 6 heteroatoms. The summed E-state index contributed by atoms with van der Waals surface area (Å²) in [5.74, 6) is 0.720. The van der Waals surface area contributed by atoms with Gasteiger partial charge in [0.05, 0.1) is 6.54 Å². The highest BCUT2D eigenvalue weighted by Gasteiger charge is 2.37. The first-order chi connectivity index (χ1) is 12.0. The molecule has 3 saturated heterocycles. The van der Waals surface area contributed by atoms with E-state index in [0.717, 1.165) is 38.0 Å². The molecule has 0 radical (unpaired) electrons. The highest BCUT2D eigenvalue weighted by atomic mass is 32.2. The summed E-state index contributed by atoms with van der Waals surface area (Å²) >= 11 is 1.68. The van der Waals surface area contributed by atoms with E-state index in [4.69, 9.17) is 0 Å². The molecule has 0 N–H and O–H groups in total. The van der Waals surface area contributed by atoms with Gasteiger partial charge in [-0.05, 0) is 49.3 Å². The maximum atomic E-state index is 13.0. The predicted octanol–water partition coefficient (Wildman–Crippen LogP) is 2.03. The second-order valence-electron chi connectivity index (χ2n) is 7.27. The number of likely N-dealkylation sites (N-methyl/N-ethyl adjacent to an activating group) is 1. The number of fused-ring (bicyclic) bond motifs is 4. The molecule has 0 aliphatic carbocycles. The molecular formula is C19H27N3O2S. The van der Waals surface area contributed by atoms with Gasteiger partial charge in [0.2, 0.25) is 5.91 Å². The third-order valence-corrected chi connectivity index (χ3v) is 5.99. The zero-order valence-electron chi connectivity index (χ0n) is 15.3. The number of piperidine rings is 1. The molecule has 1 aromatic carbocycles. The summed E-state index contributed by atoms with van der Waals surface area (Å²) in [6.45, 7) is 2.96. The van der Waals surface area contributed by atoms with Crippen molar-refractivity contribution in [1.29, 1.82) is 0 Å². The monoisotopic (exact) mass is 361 g/mol. The Bertz CT molecular complexity index is 632. The summed E-state index contributed by atoms with van der Waals surface area (Å²) in [5.41, 5.74) is 0.765. The van der Waals surface area contributed by atoms with Gasteiger partial charge in [-0.3, -0.25) is 14.5 Å². The standard InChI is InChI=1S/C19H27N3O2S/c1-20(2)18(23)13-21-10-14-4-7-16(12-21)22(11-14)19(24)15-5-8-17(25-3)9-6-15/h5-6,8-9,14,16H,4,7,10-13H2,1-3H3/t14-,16+/m1/s1. The average Bonchev–Trinajstić information content (AvgIpc) is 2.91. The van der Waals surface area contributed by atoms with E-state index >= 15 is 0 Å². The normalized spacial score (nSPS) is 23.4. The van der Waals surface area contributed by atoms with Crippen LogP contribution in [0, 0.1) is 5.92 Å². The van der Waals surface area contributed by atoms with Crippen molar-refractivity contribution >= 4 is 23.6 Å². The van der Waals surface area contributed by atoms with Crippen LogP contribution < -0.4 is 0 Å². The lowest BCUT2D eigenvalue weighted by Crippen LogP contribution is -2.47. The van der Waals surface area contributed by atoms with Gasteiger partial charge in [0, 0.05) is 50.2 Å². The Morgan fingerprint density at radius 2 is 1.84 bits per heavy atom. The molecule has 3 aliphatic rings. The van der Waals surface area contributed by atoms with Gasteiger partial charge in [0.25, 0.3) is 5.91 Å². The number of amides is 2. The summed E-state index contributed by atoms with van der Waals surface area (Å²) in [5, 5.41) is 0. The van der Waals surface area contributed by atoms with E-state index in [2.05, 4.69) is 4.90 Å². The summed E-state index contributed by atoms with van der Waals surface area (Å²) in [4.78, 5) is 32.1. The summed E-state index contributed by atoms with van der Waals surface area (Å²) < 4.78 is 0. The molecule has 25 heavy (non-hydrogen) atoms. The maximum Gasteiger partial charge on any atom is 0.254 e. The van der Waals surface area contributed by atoms with Gasteiger partial charge in [-0.1, -0.05) is 0 Å². The first-order valence-corrected chi connectivity index (χ1v) is 10.1. The molecule has 0 unspecified atom stereocenters. The van der Waals surface area contributed by atoms with Crippen molar-refractivity contribution in [3.8, 4) is 0 Å². The third-order valence-electron chi connectivity index (χ3n) is 5.24. The van der Waals surface area contributed by atoms with E-state index in [1.54, 1.807) is 30.8 Å². The topological polar surface area (TPSA) is 43.9 Å². The molecule has 0 spiro atoms. The van der Waals surface area contributed by atoms with Crippen LogP contribution in [-0.2, 0) is 4.79 Å². The van der Waals surface area contributed by atoms with Crippen LogP contribution in [0.1, 0.15) is 23.2 Å². The van der Waals surface area contributed by atoms with E-state index in [9.17, 15) is 9.59 Å². The molecule has 3 fully saturated rings. The molecule has 3 heterocycles. The predicted molar refractivity (Wildman–Crippen MR) is 101 cm³/mol. The van der Waals surface area contributed by atoms with Crippen LogP contribution in [0.25, 0.3) is 0 Å². The van der Waals surface area contributed by atoms with E-state index in [-0.39, 0.29) is 17.9 Å². The highest BCUT2D eigenvalue weighted by Crippen LogP contribution is 2.29. The first-order valence-electron chi connectivity index (χ1n) is 8.85. The fourth-order valence-electron chi connectivity index (χ4n) is 3.79. The summed E-state index contributed by atoms with van der Waals surface area (Å²) in [6.07, 6.45) is 4.21. The fourth-order valence-corrected chi connectivity index (χ4v) is 4.20. The zero-order chi connectivity index (χ0) is 18.0. The molecule has 0 aromatic heterocycles. The van der Waals surface area contributed by atoms with Gasteiger partial charge in [-0.15, -0.1) is 11.8 Å². The van der Waals surface area contributed by atoms with Crippen molar-refractivity contribution in [2.75, 3.05) is 46.5 Å². The lowest BCUT2D eigenvalue weighted by Gasteiger charge is -2.36. The molecule has 3 aliphatic heterocycles. The number of nitrogens with zero attached hydrogens (tertiary/aromatic N) is 3. The second-order valence-corrected chi connectivity index (χ2v) is 8.15. The zero-order valence-corrected chi connectivity index (χ0v) is 16.1. The van der Waals surface area contributed by atoms with Crippen LogP contribution in [0.15, 0.2) is 29.2 Å². The van der Waals surface area contributed by atoms with Crippen LogP contribution in [0.5, 0.6) is 0 Å². The van der Waals surface area contributed by atoms with Crippen LogP contribution in [0.3, 0.4) is 0 Å².